The zero-order chi connectivity index (χ0) is 23.1. The number of esters is 1. The zero-order valence-corrected chi connectivity index (χ0v) is 18.7. The quantitative estimate of drug-likeness (QED) is 0.225. The minimum atomic E-state index is -0.469. The summed E-state index contributed by atoms with van der Waals surface area (Å²) in [6.07, 6.45) is 0.703. The normalized spacial score (nSPS) is 11.5. The van der Waals surface area contributed by atoms with E-state index in [1.165, 1.54) is 6.07 Å². The first-order valence-corrected chi connectivity index (χ1v) is 10.8. The molecule has 5 aromatic rings. The van der Waals surface area contributed by atoms with Crippen molar-refractivity contribution in [2.24, 2.45) is 0 Å². The summed E-state index contributed by atoms with van der Waals surface area (Å²) in [6, 6.07) is 14.9. The van der Waals surface area contributed by atoms with Crippen molar-refractivity contribution in [1.82, 2.24) is 14.6 Å². The third kappa shape index (κ3) is 3.86. The van der Waals surface area contributed by atoms with Crippen molar-refractivity contribution in [2.45, 2.75) is 40.2 Å². The molecule has 2 aromatic carbocycles. The maximum atomic E-state index is 12.6. The highest BCUT2D eigenvalue weighted by Crippen LogP contribution is 2.28. The molecule has 0 saturated heterocycles. The number of fused-ring (bicyclic) bond motifs is 4. The summed E-state index contributed by atoms with van der Waals surface area (Å²) >= 11 is 0. The minimum absolute atomic E-state index is 0.00252. The van der Waals surface area contributed by atoms with Gasteiger partial charge in [-0.15, -0.1) is 0 Å². The van der Waals surface area contributed by atoms with Crippen molar-refractivity contribution < 1.29 is 13.9 Å². The largest absolute Gasteiger partial charge is 0.461 e. The van der Waals surface area contributed by atoms with E-state index in [1.807, 2.05) is 61.7 Å². The molecule has 0 bridgehead atoms. The van der Waals surface area contributed by atoms with Crippen LogP contribution in [0.15, 0.2) is 57.7 Å². The summed E-state index contributed by atoms with van der Waals surface area (Å²) < 4.78 is 12.8. The number of rotatable bonds is 5. The fraction of sp³-hybridized carbons (Fsp3) is 0.231. The van der Waals surface area contributed by atoms with Crippen LogP contribution < -0.4 is 5.63 Å². The van der Waals surface area contributed by atoms with Gasteiger partial charge in [0.15, 0.2) is 5.65 Å². The Morgan fingerprint density at radius 1 is 1.09 bits per heavy atom. The summed E-state index contributed by atoms with van der Waals surface area (Å²) in [5.74, 6) is -0.341. The van der Waals surface area contributed by atoms with Crippen LogP contribution in [0.25, 0.3) is 27.4 Å². The Labute approximate surface area is 189 Å². The average Bonchev–Trinajstić information content (AvgIpc) is 3.17. The van der Waals surface area contributed by atoms with E-state index < -0.39 is 5.63 Å². The molecule has 0 aliphatic rings. The summed E-state index contributed by atoms with van der Waals surface area (Å²) in [5.41, 5.74) is 5.18. The van der Waals surface area contributed by atoms with Gasteiger partial charge in [-0.1, -0.05) is 30.3 Å². The number of carbonyl (C=O) groups is 1. The molecule has 0 saturated carbocycles. The molecule has 0 N–H and O–H groups in total. The second-order valence-corrected chi connectivity index (χ2v) is 8.23. The van der Waals surface area contributed by atoms with Gasteiger partial charge >= 0.3 is 11.6 Å². The second kappa shape index (κ2) is 8.16. The number of aromatic nitrogens is 3. The summed E-state index contributed by atoms with van der Waals surface area (Å²) in [6.45, 7) is 5.85. The fourth-order valence-corrected chi connectivity index (χ4v) is 4.39. The summed E-state index contributed by atoms with van der Waals surface area (Å²) in [4.78, 5) is 29.3. The third-order valence-electron chi connectivity index (χ3n) is 5.97. The maximum Gasteiger partial charge on any atom is 0.336 e. The number of aryl methyl sites for hydroxylation is 3. The van der Waals surface area contributed by atoms with Gasteiger partial charge in [-0.3, -0.25) is 4.79 Å². The zero-order valence-electron chi connectivity index (χ0n) is 18.7. The Bertz CT molecular complexity index is 1600. The third-order valence-corrected chi connectivity index (χ3v) is 5.97. The lowest BCUT2D eigenvalue weighted by molar-refractivity contribution is -0.144. The maximum absolute atomic E-state index is 12.6. The van der Waals surface area contributed by atoms with Gasteiger partial charge in [0, 0.05) is 40.9 Å². The highest BCUT2D eigenvalue weighted by molar-refractivity contribution is 6.07. The Morgan fingerprint density at radius 2 is 1.91 bits per heavy atom. The number of nitrogens with zero attached hydrogens (tertiary/aromatic N) is 3. The van der Waals surface area contributed by atoms with E-state index in [1.54, 1.807) is 6.07 Å². The number of hydrogen-bond donors (Lipinski definition) is 0. The summed E-state index contributed by atoms with van der Waals surface area (Å²) in [5, 5.41) is 7.24. The monoisotopic (exact) mass is 441 g/mol. The molecule has 5 rings (SSSR count). The standard InChI is InChI=1S/C26H23N3O4/c1-15-12-23-27-16(2)20(17(3)29(23)28-15)9-11-24(30)32-14-19-13-25(31)33-22-10-8-18-6-4-5-7-21(18)26(19)22/h4-8,10,12-13H,9,11,14H2,1-3H3. The minimum Gasteiger partial charge on any atom is -0.461 e. The van der Waals surface area contributed by atoms with E-state index in [2.05, 4.69) is 10.1 Å². The smallest absolute Gasteiger partial charge is 0.336 e. The van der Waals surface area contributed by atoms with Crippen LogP contribution in [0.4, 0.5) is 0 Å². The molecule has 3 aromatic heterocycles. The molecule has 0 fully saturated rings. The first-order valence-electron chi connectivity index (χ1n) is 10.8. The van der Waals surface area contributed by atoms with Gasteiger partial charge in [0.2, 0.25) is 0 Å². The van der Waals surface area contributed by atoms with Gasteiger partial charge in [-0.2, -0.15) is 5.10 Å². The molecular formula is C26H23N3O4. The molecule has 0 radical (unpaired) electrons. The van der Waals surface area contributed by atoms with E-state index in [0.717, 1.165) is 44.5 Å². The van der Waals surface area contributed by atoms with Gasteiger partial charge in [0.1, 0.15) is 12.2 Å². The van der Waals surface area contributed by atoms with Crippen molar-refractivity contribution in [2.75, 3.05) is 0 Å². The van der Waals surface area contributed by atoms with E-state index in [0.29, 0.717) is 17.6 Å². The Kier molecular flexibility index (Phi) is 5.17. The first kappa shape index (κ1) is 20.9. The van der Waals surface area contributed by atoms with Crippen LogP contribution in [-0.4, -0.2) is 20.6 Å². The molecule has 33 heavy (non-hydrogen) atoms. The van der Waals surface area contributed by atoms with Crippen molar-refractivity contribution in [3.05, 3.63) is 87.2 Å². The molecule has 7 nitrogen and oxygen atoms in total. The molecule has 0 unspecified atom stereocenters. The molecule has 0 aliphatic heterocycles. The number of hydrogen-bond acceptors (Lipinski definition) is 6. The van der Waals surface area contributed by atoms with E-state index >= 15 is 0 Å². The van der Waals surface area contributed by atoms with Crippen LogP contribution in [0.3, 0.4) is 0 Å². The number of carbonyl (C=O) groups excluding carboxylic acids is 1. The van der Waals surface area contributed by atoms with Crippen LogP contribution in [0.2, 0.25) is 0 Å². The fourth-order valence-electron chi connectivity index (χ4n) is 4.39. The Morgan fingerprint density at radius 3 is 2.76 bits per heavy atom. The molecular weight excluding hydrogens is 418 g/mol. The van der Waals surface area contributed by atoms with Crippen LogP contribution in [0, 0.1) is 20.8 Å². The predicted molar refractivity (Wildman–Crippen MR) is 125 cm³/mol. The average molecular weight is 441 g/mol. The molecule has 0 spiro atoms. The highest BCUT2D eigenvalue weighted by atomic mass is 16.5. The Hall–Kier alpha value is -4.00. The van der Waals surface area contributed by atoms with Gasteiger partial charge < -0.3 is 9.15 Å². The van der Waals surface area contributed by atoms with Crippen LogP contribution in [0.5, 0.6) is 0 Å². The highest BCUT2D eigenvalue weighted by Gasteiger charge is 2.15. The van der Waals surface area contributed by atoms with Crippen molar-refractivity contribution in [1.29, 1.82) is 0 Å². The molecule has 0 aliphatic carbocycles. The molecule has 166 valence electrons. The van der Waals surface area contributed by atoms with Crippen LogP contribution in [-0.2, 0) is 22.6 Å². The van der Waals surface area contributed by atoms with E-state index in [9.17, 15) is 9.59 Å². The molecule has 3 heterocycles. The SMILES string of the molecule is Cc1cc2nc(C)c(CCC(=O)OCc3cc(=O)oc4ccc5ccccc5c34)c(C)n2n1. The van der Waals surface area contributed by atoms with Gasteiger partial charge in [0.05, 0.1) is 5.69 Å². The van der Waals surface area contributed by atoms with Gasteiger partial charge in [-0.05, 0) is 49.6 Å². The van der Waals surface area contributed by atoms with Gasteiger partial charge in [-0.25, -0.2) is 14.3 Å². The first-order chi connectivity index (χ1) is 15.9. The second-order valence-electron chi connectivity index (χ2n) is 8.23. The summed E-state index contributed by atoms with van der Waals surface area (Å²) in [7, 11) is 0. The molecule has 7 heteroatoms. The number of benzene rings is 2. The van der Waals surface area contributed by atoms with Crippen LogP contribution >= 0.6 is 0 Å². The number of ether oxygens (including phenoxy) is 1. The molecule has 0 amide bonds. The molecule has 0 atom stereocenters. The lowest BCUT2D eigenvalue weighted by Gasteiger charge is -2.12. The van der Waals surface area contributed by atoms with Crippen molar-refractivity contribution >= 4 is 33.4 Å². The predicted octanol–water partition coefficient (Wildman–Crippen LogP) is 4.59. The lowest BCUT2D eigenvalue weighted by atomic mass is 10.0. The van der Waals surface area contributed by atoms with Crippen LogP contribution in [0.1, 0.15) is 34.6 Å². The van der Waals surface area contributed by atoms with Gasteiger partial charge in [0.25, 0.3) is 0 Å². The van der Waals surface area contributed by atoms with Crippen molar-refractivity contribution in [3.8, 4) is 0 Å². The van der Waals surface area contributed by atoms with Crippen molar-refractivity contribution in [3.63, 3.8) is 0 Å². The van der Waals surface area contributed by atoms with E-state index in [-0.39, 0.29) is 19.0 Å². The topological polar surface area (TPSA) is 86.7 Å². The van der Waals surface area contributed by atoms with E-state index in [4.69, 9.17) is 9.15 Å². The lowest BCUT2D eigenvalue weighted by Crippen LogP contribution is -2.11. The Balaban J connectivity index is 1.36.